The zero-order valence-corrected chi connectivity index (χ0v) is 16.3. The molecule has 2 aromatic rings. The molecule has 0 bridgehead atoms. The standard InChI is InChI=1S/C20H25N3O3S/c1-16(18-9-7-11-21-15-18)22-20(24)17-8-6-10-19(14-17)27(25,26)23-12-4-2-3-5-13-23/h6-11,14-16H,2-5,12-13H2,1H3,(H,22,24). The number of nitrogens with zero attached hydrogens (tertiary/aromatic N) is 2. The Hall–Kier alpha value is -2.25. The summed E-state index contributed by atoms with van der Waals surface area (Å²) in [5.74, 6) is -0.306. The van der Waals surface area contributed by atoms with Gasteiger partial charge in [0, 0.05) is 31.0 Å². The van der Waals surface area contributed by atoms with E-state index in [1.165, 1.54) is 10.4 Å². The summed E-state index contributed by atoms with van der Waals surface area (Å²) in [6.45, 7) is 2.94. The number of carbonyl (C=O) groups is 1. The van der Waals surface area contributed by atoms with Crippen LogP contribution in [-0.4, -0.2) is 36.7 Å². The minimum Gasteiger partial charge on any atom is -0.345 e. The van der Waals surface area contributed by atoms with Crippen molar-refractivity contribution in [3.63, 3.8) is 0 Å². The molecular weight excluding hydrogens is 362 g/mol. The number of sulfonamides is 1. The lowest BCUT2D eigenvalue weighted by Gasteiger charge is -2.20. The molecule has 1 aliphatic rings. The van der Waals surface area contributed by atoms with Crippen molar-refractivity contribution >= 4 is 15.9 Å². The van der Waals surface area contributed by atoms with Crippen LogP contribution in [0.1, 0.15) is 54.6 Å². The molecule has 1 atom stereocenters. The Morgan fingerprint density at radius 3 is 2.52 bits per heavy atom. The normalized spacial score (nSPS) is 17.1. The Kier molecular flexibility index (Phi) is 6.23. The molecule has 0 saturated carbocycles. The van der Waals surface area contributed by atoms with Crippen molar-refractivity contribution in [3.05, 3.63) is 59.9 Å². The van der Waals surface area contributed by atoms with Gasteiger partial charge < -0.3 is 5.32 Å². The van der Waals surface area contributed by atoms with Crippen molar-refractivity contribution in [1.29, 1.82) is 0 Å². The van der Waals surface area contributed by atoms with E-state index in [9.17, 15) is 13.2 Å². The first kappa shape index (κ1) is 19.5. The summed E-state index contributed by atoms with van der Waals surface area (Å²) in [7, 11) is -3.58. The Morgan fingerprint density at radius 1 is 1.11 bits per heavy atom. The van der Waals surface area contributed by atoms with Crippen LogP contribution in [0, 0.1) is 0 Å². The lowest BCUT2D eigenvalue weighted by atomic mass is 10.1. The second-order valence-corrected chi connectivity index (χ2v) is 8.77. The second kappa shape index (κ2) is 8.63. The van der Waals surface area contributed by atoms with Crippen LogP contribution in [0.4, 0.5) is 0 Å². The Balaban J connectivity index is 1.77. The first-order valence-electron chi connectivity index (χ1n) is 9.29. The van der Waals surface area contributed by atoms with E-state index in [1.54, 1.807) is 30.6 Å². The number of carbonyl (C=O) groups excluding carboxylic acids is 1. The molecule has 1 saturated heterocycles. The van der Waals surface area contributed by atoms with Crippen LogP contribution in [0.15, 0.2) is 53.7 Å². The van der Waals surface area contributed by atoms with Gasteiger partial charge in [0.25, 0.3) is 5.91 Å². The fraction of sp³-hybridized carbons (Fsp3) is 0.400. The summed E-state index contributed by atoms with van der Waals surface area (Å²) in [5, 5.41) is 2.89. The van der Waals surface area contributed by atoms with Gasteiger partial charge in [0.05, 0.1) is 10.9 Å². The minimum atomic E-state index is -3.58. The van der Waals surface area contributed by atoms with Crippen molar-refractivity contribution in [2.45, 2.75) is 43.5 Å². The molecule has 1 fully saturated rings. The molecule has 7 heteroatoms. The van der Waals surface area contributed by atoms with Crippen LogP contribution in [0.25, 0.3) is 0 Å². The Labute approximate surface area is 160 Å². The molecule has 6 nitrogen and oxygen atoms in total. The number of amides is 1. The molecule has 1 N–H and O–H groups in total. The number of pyridine rings is 1. The predicted octanol–water partition coefficient (Wildman–Crippen LogP) is 3.14. The fourth-order valence-electron chi connectivity index (χ4n) is 3.22. The molecule has 2 heterocycles. The highest BCUT2D eigenvalue weighted by atomic mass is 32.2. The number of hydrogen-bond acceptors (Lipinski definition) is 4. The van der Waals surface area contributed by atoms with Crippen molar-refractivity contribution in [2.24, 2.45) is 0 Å². The van der Waals surface area contributed by atoms with Gasteiger partial charge in [-0.1, -0.05) is 25.0 Å². The predicted molar refractivity (Wildman–Crippen MR) is 104 cm³/mol. The maximum Gasteiger partial charge on any atom is 0.251 e. The molecule has 0 radical (unpaired) electrons. The van der Waals surface area contributed by atoms with E-state index in [1.807, 2.05) is 19.1 Å². The summed E-state index contributed by atoms with van der Waals surface area (Å²) >= 11 is 0. The summed E-state index contributed by atoms with van der Waals surface area (Å²) in [5.41, 5.74) is 1.22. The van der Waals surface area contributed by atoms with Gasteiger partial charge in [0.15, 0.2) is 0 Å². The van der Waals surface area contributed by atoms with E-state index in [4.69, 9.17) is 0 Å². The van der Waals surface area contributed by atoms with E-state index < -0.39 is 10.0 Å². The van der Waals surface area contributed by atoms with Gasteiger partial charge in [-0.2, -0.15) is 4.31 Å². The number of aromatic nitrogens is 1. The zero-order valence-electron chi connectivity index (χ0n) is 15.5. The van der Waals surface area contributed by atoms with Crippen molar-refractivity contribution < 1.29 is 13.2 Å². The van der Waals surface area contributed by atoms with Crippen LogP contribution in [-0.2, 0) is 10.0 Å². The molecule has 1 aliphatic heterocycles. The molecule has 1 aromatic heterocycles. The van der Waals surface area contributed by atoms with Gasteiger partial charge in [-0.15, -0.1) is 0 Å². The largest absolute Gasteiger partial charge is 0.345 e. The average Bonchev–Trinajstić information content (AvgIpc) is 2.99. The molecule has 1 amide bonds. The summed E-state index contributed by atoms with van der Waals surface area (Å²) < 4.78 is 27.4. The monoisotopic (exact) mass is 387 g/mol. The third-order valence-electron chi connectivity index (χ3n) is 4.83. The summed E-state index contributed by atoms with van der Waals surface area (Å²) in [6, 6.07) is 9.75. The van der Waals surface area contributed by atoms with Crippen LogP contribution < -0.4 is 5.32 Å². The van der Waals surface area contributed by atoms with E-state index in [0.29, 0.717) is 18.7 Å². The summed E-state index contributed by atoms with van der Waals surface area (Å²) in [4.78, 5) is 16.8. The van der Waals surface area contributed by atoms with Gasteiger partial charge in [0.2, 0.25) is 10.0 Å². The third kappa shape index (κ3) is 4.73. The molecule has 144 valence electrons. The number of benzene rings is 1. The highest BCUT2D eigenvalue weighted by Gasteiger charge is 2.26. The Morgan fingerprint density at radius 2 is 1.85 bits per heavy atom. The van der Waals surface area contributed by atoms with Crippen molar-refractivity contribution in [3.8, 4) is 0 Å². The van der Waals surface area contributed by atoms with Crippen LogP contribution >= 0.6 is 0 Å². The maximum atomic E-state index is 12.9. The Bertz CT molecular complexity index is 876. The molecule has 3 rings (SSSR count). The van der Waals surface area contributed by atoms with Gasteiger partial charge in [-0.25, -0.2) is 8.42 Å². The van der Waals surface area contributed by atoms with Gasteiger partial charge in [-0.3, -0.25) is 9.78 Å². The molecule has 0 spiro atoms. The van der Waals surface area contributed by atoms with E-state index in [-0.39, 0.29) is 16.8 Å². The SMILES string of the molecule is CC(NC(=O)c1cccc(S(=O)(=O)N2CCCCCC2)c1)c1cccnc1. The topological polar surface area (TPSA) is 79.4 Å². The van der Waals surface area contributed by atoms with Crippen molar-refractivity contribution in [2.75, 3.05) is 13.1 Å². The molecule has 1 unspecified atom stereocenters. The highest BCUT2D eigenvalue weighted by Crippen LogP contribution is 2.21. The molecule has 1 aromatic carbocycles. The minimum absolute atomic E-state index is 0.172. The van der Waals surface area contributed by atoms with Gasteiger partial charge >= 0.3 is 0 Å². The third-order valence-corrected chi connectivity index (χ3v) is 6.73. The van der Waals surface area contributed by atoms with Crippen LogP contribution in [0.5, 0.6) is 0 Å². The first-order valence-corrected chi connectivity index (χ1v) is 10.7. The number of rotatable bonds is 5. The van der Waals surface area contributed by atoms with Crippen LogP contribution in [0.2, 0.25) is 0 Å². The van der Waals surface area contributed by atoms with E-state index >= 15 is 0 Å². The summed E-state index contributed by atoms with van der Waals surface area (Å²) in [6.07, 6.45) is 7.24. The maximum absolute atomic E-state index is 12.9. The van der Waals surface area contributed by atoms with E-state index in [0.717, 1.165) is 31.2 Å². The fourth-order valence-corrected chi connectivity index (χ4v) is 4.79. The number of nitrogens with one attached hydrogen (secondary N) is 1. The lowest BCUT2D eigenvalue weighted by Crippen LogP contribution is -2.32. The smallest absolute Gasteiger partial charge is 0.251 e. The average molecular weight is 388 g/mol. The van der Waals surface area contributed by atoms with Crippen LogP contribution in [0.3, 0.4) is 0 Å². The second-order valence-electron chi connectivity index (χ2n) is 6.83. The lowest BCUT2D eigenvalue weighted by molar-refractivity contribution is 0.0939. The van der Waals surface area contributed by atoms with E-state index in [2.05, 4.69) is 10.3 Å². The molecule has 27 heavy (non-hydrogen) atoms. The van der Waals surface area contributed by atoms with Crippen molar-refractivity contribution in [1.82, 2.24) is 14.6 Å². The highest BCUT2D eigenvalue weighted by molar-refractivity contribution is 7.89. The zero-order chi connectivity index (χ0) is 19.3. The molecular formula is C20H25N3O3S. The number of hydrogen-bond donors (Lipinski definition) is 1. The van der Waals surface area contributed by atoms with Gasteiger partial charge in [0.1, 0.15) is 0 Å². The van der Waals surface area contributed by atoms with Gasteiger partial charge in [-0.05, 0) is 49.6 Å². The quantitative estimate of drug-likeness (QED) is 0.855. The first-order chi connectivity index (χ1) is 13.0. The molecule has 0 aliphatic carbocycles.